The second kappa shape index (κ2) is 8.53. The highest BCUT2D eigenvalue weighted by Gasteiger charge is 2.32. The molecule has 1 aromatic carbocycles. The Labute approximate surface area is 159 Å². The maximum atomic E-state index is 12.6. The second-order valence-electron chi connectivity index (χ2n) is 6.59. The quantitative estimate of drug-likeness (QED) is 0.455. The lowest BCUT2D eigenvalue weighted by atomic mass is 10.1. The van der Waals surface area contributed by atoms with Gasteiger partial charge in [-0.2, -0.15) is 18.2 Å². The molecular formula is C17H19ClF3N5O. The fraction of sp³-hybridized carbons (Fsp3) is 0.353. The number of hydrogen-bond acceptors (Lipinski definition) is 5. The Morgan fingerprint density at radius 1 is 1.11 bits per heavy atom. The molecule has 0 radical (unpaired) electrons. The molecule has 2 N–H and O–H groups in total. The van der Waals surface area contributed by atoms with E-state index in [1.807, 2.05) is 20.8 Å². The summed E-state index contributed by atoms with van der Waals surface area (Å²) in [5.74, 6) is -0.0303. The molecule has 2 rings (SSSR count). The first kappa shape index (κ1) is 20.9. The van der Waals surface area contributed by atoms with Crippen molar-refractivity contribution in [2.24, 2.45) is 4.99 Å². The standard InChI is InChI=1S/C17H19ClF3N5O/c1-16(2,3)26-25-15(27-10-11-4-6-12(18)7-5-11)24-14-9-22-13(8-23-14)17(19,20)21/h4-9,26H,10H2,1-3H3,(H,23,24,25). The van der Waals surface area contributed by atoms with Crippen LogP contribution >= 0.6 is 11.6 Å². The third-order valence-electron chi connectivity index (χ3n) is 2.98. The maximum absolute atomic E-state index is 12.6. The highest BCUT2D eigenvalue weighted by Crippen LogP contribution is 2.27. The summed E-state index contributed by atoms with van der Waals surface area (Å²) in [6, 6.07) is 7.05. The molecule has 0 unspecified atom stereocenters. The molecule has 0 fully saturated rings. The maximum Gasteiger partial charge on any atom is 0.434 e. The van der Waals surface area contributed by atoms with Gasteiger partial charge in [0.1, 0.15) is 6.61 Å². The first-order valence-corrected chi connectivity index (χ1v) is 8.29. The van der Waals surface area contributed by atoms with Gasteiger partial charge in [-0.1, -0.05) is 23.7 Å². The molecule has 1 heterocycles. The molecule has 0 amide bonds. The molecule has 0 spiro atoms. The van der Waals surface area contributed by atoms with E-state index in [1.165, 1.54) is 0 Å². The number of halogens is 4. The van der Waals surface area contributed by atoms with Crippen LogP contribution in [0.5, 0.6) is 0 Å². The molecule has 0 aliphatic rings. The number of ether oxygens (including phenoxy) is 1. The number of nitrogens with zero attached hydrogens (tertiary/aromatic N) is 3. The Hall–Kier alpha value is -2.39. The molecule has 0 bridgehead atoms. The van der Waals surface area contributed by atoms with Gasteiger partial charge in [0.2, 0.25) is 0 Å². The smallest absolute Gasteiger partial charge is 0.434 e. The van der Waals surface area contributed by atoms with E-state index in [9.17, 15) is 13.2 Å². The van der Waals surface area contributed by atoms with Crippen LogP contribution < -0.4 is 10.9 Å². The Morgan fingerprint density at radius 2 is 1.78 bits per heavy atom. The molecule has 1 aromatic heterocycles. The first-order valence-electron chi connectivity index (χ1n) is 7.91. The van der Waals surface area contributed by atoms with E-state index in [2.05, 4.69) is 25.8 Å². The number of benzene rings is 1. The van der Waals surface area contributed by atoms with Crippen LogP contribution in [-0.2, 0) is 17.5 Å². The minimum atomic E-state index is -4.56. The van der Waals surface area contributed by atoms with Gasteiger partial charge < -0.3 is 4.74 Å². The molecule has 10 heteroatoms. The van der Waals surface area contributed by atoms with Crippen LogP contribution in [0.3, 0.4) is 0 Å². The average Bonchev–Trinajstić information content (AvgIpc) is 2.57. The van der Waals surface area contributed by atoms with Crippen molar-refractivity contribution in [3.05, 3.63) is 52.9 Å². The highest BCUT2D eigenvalue weighted by molar-refractivity contribution is 6.30. The number of hydrazine groups is 1. The monoisotopic (exact) mass is 401 g/mol. The van der Waals surface area contributed by atoms with E-state index < -0.39 is 11.9 Å². The summed E-state index contributed by atoms with van der Waals surface area (Å²) in [6.45, 7) is 5.90. The van der Waals surface area contributed by atoms with Gasteiger partial charge in [0.25, 0.3) is 0 Å². The molecule has 146 valence electrons. The van der Waals surface area contributed by atoms with Gasteiger partial charge in [-0.3, -0.25) is 5.43 Å². The van der Waals surface area contributed by atoms with Crippen molar-refractivity contribution in [3.63, 3.8) is 0 Å². The molecule has 27 heavy (non-hydrogen) atoms. The number of hydrogen-bond donors (Lipinski definition) is 2. The van der Waals surface area contributed by atoms with E-state index in [-0.39, 0.29) is 24.0 Å². The van der Waals surface area contributed by atoms with E-state index in [4.69, 9.17) is 16.3 Å². The summed E-state index contributed by atoms with van der Waals surface area (Å²) in [4.78, 5) is 11.1. The van der Waals surface area contributed by atoms with Crippen molar-refractivity contribution in [2.75, 3.05) is 0 Å². The second-order valence-corrected chi connectivity index (χ2v) is 7.03. The molecule has 2 aromatic rings. The average molecular weight is 402 g/mol. The van der Waals surface area contributed by atoms with E-state index in [0.717, 1.165) is 11.8 Å². The molecular weight excluding hydrogens is 383 g/mol. The van der Waals surface area contributed by atoms with Gasteiger partial charge in [0, 0.05) is 10.6 Å². The fourth-order valence-corrected chi connectivity index (χ4v) is 1.82. The number of aliphatic imine (C=N–C) groups is 1. The molecule has 6 nitrogen and oxygen atoms in total. The lowest BCUT2D eigenvalue weighted by Gasteiger charge is -2.22. The Balaban J connectivity index is 2.14. The van der Waals surface area contributed by atoms with Crippen LogP contribution in [0.1, 0.15) is 32.0 Å². The molecule has 0 aliphatic heterocycles. The SMILES string of the molecule is CC(C)(C)NNC(=Nc1cnc(C(F)(F)F)cn1)OCc1ccc(Cl)cc1. The Bertz CT molecular complexity index is 771. The number of rotatable bonds is 4. The van der Waals surface area contributed by atoms with Crippen LogP contribution in [0.4, 0.5) is 19.0 Å². The van der Waals surface area contributed by atoms with Gasteiger partial charge >= 0.3 is 12.2 Å². The van der Waals surface area contributed by atoms with Crippen LogP contribution in [0.25, 0.3) is 0 Å². The van der Waals surface area contributed by atoms with Crippen LogP contribution in [0, 0.1) is 0 Å². The lowest BCUT2D eigenvalue weighted by molar-refractivity contribution is -0.141. The zero-order valence-corrected chi connectivity index (χ0v) is 15.7. The summed E-state index contributed by atoms with van der Waals surface area (Å²) < 4.78 is 43.3. The summed E-state index contributed by atoms with van der Waals surface area (Å²) >= 11 is 5.84. The van der Waals surface area contributed by atoms with Gasteiger partial charge in [0.15, 0.2) is 11.5 Å². The van der Waals surface area contributed by atoms with E-state index in [0.29, 0.717) is 11.2 Å². The predicted octanol–water partition coefficient (Wildman–Crippen LogP) is 4.25. The van der Waals surface area contributed by atoms with Gasteiger partial charge in [-0.05, 0) is 38.5 Å². The lowest BCUT2D eigenvalue weighted by Crippen LogP contribution is -2.49. The summed E-state index contributed by atoms with van der Waals surface area (Å²) in [5, 5.41) is 0.597. The van der Waals surface area contributed by atoms with Crippen LogP contribution in [0.15, 0.2) is 41.7 Å². The highest BCUT2D eigenvalue weighted by atomic mass is 35.5. The Morgan fingerprint density at radius 3 is 2.30 bits per heavy atom. The number of aromatic nitrogens is 2. The molecule has 0 saturated carbocycles. The van der Waals surface area contributed by atoms with Crippen LogP contribution in [0.2, 0.25) is 5.02 Å². The number of nitrogens with one attached hydrogen (secondary N) is 2. The van der Waals surface area contributed by atoms with Crippen LogP contribution in [-0.4, -0.2) is 21.5 Å². The zero-order chi connectivity index (χ0) is 20.1. The van der Waals surface area contributed by atoms with Gasteiger partial charge in [-0.15, -0.1) is 0 Å². The van der Waals surface area contributed by atoms with Gasteiger partial charge in [-0.25, -0.2) is 15.4 Å². The topological polar surface area (TPSA) is 71.4 Å². The predicted molar refractivity (Wildman–Crippen MR) is 96.4 cm³/mol. The van der Waals surface area contributed by atoms with Crippen molar-refractivity contribution >= 4 is 23.4 Å². The minimum Gasteiger partial charge on any atom is -0.459 e. The van der Waals surface area contributed by atoms with E-state index in [1.54, 1.807) is 24.3 Å². The first-order chi connectivity index (χ1) is 12.5. The summed E-state index contributed by atoms with van der Waals surface area (Å²) in [5.41, 5.74) is 5.20. The van der Waals surface area contributed by atoms with Crippen molar-refractivity contribution in [3.8, 4) is 0 Å². The molecule has 0 atom stereocenters. The van der Waals surface area contributed by atoms with E-state index >= 15 is 0 Å². The minimum absolute atomic E-state index is 0.0303. The summed E-state index contributed by atoms with van der Waals surface area (Å²) in [6.07, 6.45) is -3.02. The fourth-order valence-electron chi connectivity index (χ4n) is 1.70. The molecule has 0 aliphatic carbocycles. The zero-order valence-electron chi connectivity index (χ0n) is 14.9. The number of alkyl halides is 3. The van der Waals surface area contributed by atoms with Crippen molar-refractivity contribution in [2.45, 2.75) is 39.1 Å². The third-order valence-corrected chi connectivity index (χ3v) is 3.23. The van der Waals surface area contributed by atoms with Gasteiger partial charge in [0.05, 0.1) is 12.4 Å². The molecule has 0 saturated heterocycles. The third kappa shape index (κ3) is 7.40. The Kier molecular flexibility index (Phi) is 6.61. The normalized spacial score (nSPS) is 12.8. The van der Waals surface area contributed by atoms with Crippen molar-refractivity contribution in [1.29, 1.82) is 0 Å². The van der Waals surface area contributed by atoms with Crippen molar-refractivity contribution in [1.82, 2.24) is 20.8 Å². The number of amidine groups is 1. The summed E-state index contributed by atoms with van der Waals surface area (Å²) in [7, 11) is 0. The van der Waals surface area contributed by atoms with Crippen molar-refractivity contribution < 1.29 is 17.9 Å². The largest absolute Gasteiger partial charge is 0.459 e.